The SMILES string of the molecule is CC[C@@H]1C=C[C@H]2[C@H](C(=O)N(CCCCCO)[C@@H]2C(=O)NC(C)(C)C)[C@@H]1C(=O)NC. The zero-order valence-electron chi connectivity index (χ0n) is 18.4. The Morgan fingerprint density at radius 1 is 1.14 bits per heavy atom. The van der Waals surface area contributed by atoms with Crippen molar-refractivity contribution in [2.75, 3.05) is 20.2 Å². The van der Waals surface area contributed by atoms with Gasteiger partial charge >= 0.3 is 0 Å². The smallest absolute Gasteiger partial charge is 0.243 e. The van der Waals surface area contributed by atoms with Gasteiger partial charge in [0.1, 0.15) is 6.04 Å². The van der Waals surface area contributed by atoms with E-state index in [1.54, 1.807) is 11.9 Å². The lowest BCUT2D eigenvalue weighted by Gasteiger charge is -2.34. The standard InChI is InChI=1S/C22H37N3O4/c1-6-14-10-11-15-17(16(14)19(27)23-5)21(29)25(12-8-7-9-13-26)18(15)20(28)24-22(2,3)4/h10-11,14-18,26H,6-9,12-13H2,1-5H3,(H,23,27)(H,24,28)/t14-,15+,16-,17+,18+/m1/s1. The quantitative estimate of drug-likeness (QED) is 0.419. The number of nitrogens with zero attached hydrogens (tertiary/aromatic N) is 1. The van der Waals surface area contributed by atoms with Crippen LogP contribution in [0.25, 0.3) is 0 Å². The summed E-state index contributed by atoms with van der Waals surface area (Å²) in [5.41, 5.74) is -0.411. The Bertz CT molecular complexity index is 640. The molecule has 3 N–H and O–H groups in total. The highest BCUT2D eigenvalue weighted by Gasteiger charge is 2.56. The molecule has 0 saturated carbocycles. The molecule has 0 bridgehead atoms. The van der Waals surface area contributed by atoms with Gasteiger partial charge in [0.05, 0.1) is 11.8 Å². The van der Waals surface area contributed by atoms with E-state index in [2.05, 4.69) is 10.6 Å². The number of hydrogen-bond acceptors (Lipinski definition) is 4. The highest BCUT2D eigenvalue weighted by atomic mass is 16.3. The Labute approximate surface area is 174 Å². The number of allylic oxidation sites excluding steroid dienone is 1. The van der Waals surface area contributed by atoms with Crippen LogP contribution in [0.1, 0.15) is 53.4 Å². The second-order valence-corrected chi connectivity index (χ2v) is 9.20. The maximum Gasteiger partial charge on any atom is 0.243 e. The molecule has 5 atom stereocenters. The number of carbonyl (C=O) groups is 3. The summed E-state index contributed by atoms with van der Waals surface area (Å²) in [5, 5.41) is 14.8. The van der Waals surface area contributed by atoms with Gasteiger partial charge in [-0.15, -0.1) is 0 Å². The van der Waals surface area contributed by atoms with E-state index in [9.17, 15) is 14.4 Å². The molecular formula is C22H37N3O4. The molecule has 1 saturated heterocycles. The average molecular weight is 408 g/mol. The van der Waals surface area contributed by atoms with Crippen molar-refractivity contribution >= 4 is 17.7 Å². The summed E-state index contributed by atoms with van der Waals surface area (Å²) in [7, 11) is 1.60. The summed E-state index contributed by atoms with van der Waals surface area (Å²) in [6.45, 7) is 8.35. The summed E-state index contributed by atoms with van der Waals surface area (Å²) in [6, 6.07) is -0.609. The normalized spacial score (nSPS) is 29.0. The van der Waals surface area contributed by atoms with E-state index >= 15 is 0 Å². The van der Waals surface area contributed by atoms with Gasteiger partial charge in [0.15, 0.2) is 0 Å². The highest BCUT2D eigenvalue weighted by molar-refractivity contribution is 5.96. The molecule has 1 aliphatic heterocycles. The van der Waals surface area contributed by atoms with Gasteiger partial charge in [-0.2, -0.15) is 0 Å². The lowest BCUT2D eigenvalue weighted by atomic mass is 9.68. The van der Waals surface area contributed by atoms with Gasteiger partial charge in [-0.05, 0) is 52.4 Å². The number of amides is 3. The zero-order valence-corrected chi connectivity index (χ0v) is 18.4. The Kier molecular flexibility index (Phi) is 7.86. The molecular weight excluding hydrogens is 370 g/mol. The summed E-state index contributed by atoms with van der Waals surface area (Å²) in [6.07, 6.45) is 6.94. The number of hydrogen-bond donors (Lipinski definition) is 3. The van der Waals surface area contributed by atoms with Crippen molar-refractivity contribution in [1.29, 1.82) is 0 Å². The van der Waals surface area contributed by atoms with Crippen LogP contribution in [-0.4, -0.2) is 59.5 Å². The van der Waals surface area contributed by atoms with Gasteiger partial charge in [0, 0.05) is 31.7 Å². The molecule has 0 aromatic carbocycles. The molecule has 7 heteroatoms. The maximum absolute atomic E-state index is 13.5. The number of aliphatic hydroxyl groups is 1. The summed E-state index contributed by atoms with van der Waals surface area (Å²) < 4.78 is 0. The van der Waals surface area contributed by atoms with Crippen LogP contribution in [0.3, 0.4) is 0 Å². The van der Waals surface area contributed by atoms with Gasteiger partial charge in [0.25, 0.3) is 0 Å². The fraction of sp³-hybridized carbons (Fsp3) is 0.773. The fourth-order valence-electron chi connectivity index (χ4n) is 4.67. The number of rotatable bonds is 8. The zero-order chi connectivity index (χ0) is 21.8. The van der Waals surface area contributed by atoms with Crippen LogP contribution in [0.2, 0.25) is 0 Å². The Hall–Kier alpha value is -1.89. The van der Waals surface area contributed by atoms with Crippen molar-refractivity contribution < 1.29 is 19.5 Å². The number of carbonyl (C=O) groups excluding carboxylic acids is 3. The predicted octanol–water partition coefficient (Wildman–Crippen LogP) is 1.47. The maximum atomic E-state index is 13.5. The minimum absolute atomic E-state index is 0.0131. The van der Waals surface area contributed by atoms with Crippen LogP contribution >= 0.6 is 0 Å². The third-order valence-electron chi connectivity index (χ3n) is 5.96. The second-order valence-electron chi connectivity index (χ2n) is 9.20. The number of aliphatic hydroxyl groups excluding tert-OH is 1. The fourth-order valence-corrected chi connectivity index (χ4v) is 4.67. The first-order valence-corrected chi connectivity index (χ1v) is 10.8. The van der Waals surface area contributed by atoms with Gasteiger partial charge in [-0.3, -0.25) is 14.4 Å². The highest BCUT2D eigenvalue weighted by Crippen LogP contribution is 2.45. The lowest BCUT2D eigenvalue weighted by molar-refractivity contribution is -0.141. The van der Waals surface area contributed by atoms with Crippen LogP contribution in [0.4, 0.5) is 0 Å². The first-order valence-electron chi connectivity index (χ1n) is 10.8. The molecule has 0 aromatic rings. The average Bonchev–Trinajstić information content (AvgIpc) is 2.94. The Morgan fingerprint density at radius 2 is 1.83 bits per heavy atom. The van der Waals surface area contributed by atoms with Crippen molar-refractivity contribution in [3.05, 3.63) is 12.2 Å². The Balaban J connectivity index is 2.37. The van der Waals surface area contributed by atoms with E-state index in [0.717, 1.165) is 19.3 Å². The van der Waals surface area contributed by atoms with E-state index in [1.807, 2.05) is 39.8 Å². The van der Waals surface area contributed by atoms with Crippen molar-refractivity contribution in [2.45, 2.75) is 65.0 Å². The summed E-state index contributed by atoms with van der Waals surface area (Å²) in [4.78, 5) is 41.0. The molecule has 1 heterocycles. The molecule has 0 aromatic heterocycles. The van der Waals surface area contributed by atoms with Crippen LogP contribution in [-0.2, 0) is 14.4 Å². The summed E-state index contributed by atoms with van der Waals surface area (Å²) >= 11 is 0. The first kappa shape index (κ1) is 23.4. The van der Waals surface area contributed by atoms with Gasteiger partial charge < -0.3 is 20.6 Å². The van der Waals surface area contributed by atoms with E-state index in [-0.39, 0.29) is 36.2 Å². The lowest BCUT2D eigenvalue weighted by Crippen LogP contribution is -2.52. The van der Waals surface area contributed by atoms with Crippen LogP contribution in [0, 0.1) is 23.7 Å². The molecule has 0 unspecified atom stereocenters. The minimum atomic E-state index is -0.609. The first-order chi connectivity index (χ1) is 13.7. The number of nitrogens with one attached hydrogen (secondary N) is 2. The van der Waals surface area contributed by atoms with Gasteiger partial charge in [-0.25, -0.2) is 0 Å². The van der Waals surface area contributed by atoms with Gasteiger partial charge in [0.2, 0.25) is 17.7 Å². The topological polar surface area (TPSA) is 98.7 Å². The third kappa shape index (κ3) is 5.18. The van der Waals surface area contributed by atoms with Crippen LogP contribution < -0.4 is 10.6 Å². The molecule has 1 aliphatic carbocycles. The molecule has 0 radical (unpaired) electrons. The van der Waals surface area contributed by atoms with Crippen molar-refractivity contribution in [2.24, 2.45) is 23.7 Å². The second kappa shape index (κ2) is 9.74. The van der Waals surface area contributed by atoms with Crippen LogP contribution in [0.5, 0.6) is 0 Å². The molecule has 29 heavy (non-hydrogen) atoms. The van der Waals surface area contributed by atoms with E-state index in [4.69, 9.17) is 5.11 Å². The molecule has 2 rings (SSSR count). The largest absolute Gasteiger partial charge is 0.396 e. The van der Waals surface area contributed by atoms with E-state index in [0.29, 0.717) is 13.0 Å². The third-order valence-corrected chi connectivity index (χ3v) is 5.96. The van der Waals surface area contributed by atoms with E-state index < -0.39 is 23.4 Å². The van der Waals surface area contributed by atoms with Crippen molar-refractivity contribution in [3.63, 3.8) is 0 Å². The predicted molar refractivity (Wildman–Crippen MR) is 112 cm³/mol. The van der Waals surface area contributed by atoms with Gasteiger partial charge in [-0.1, -0.05) is 19.1 Å². The van der Waals surface area contributed by atoms with Crippen LogP contribution in [0.15, 0.2) is 12.2 Å². The molecule has 164 valence electrons. The van der Waals surface area contributed by atoms with E-state index in [1.165, 1.54) is 0 Å². The van der Waals surface area contributed by atoms with Crippen molar-refractivity contribution in [1.82, 2.24) is 15.5 Å². The molecule has 7 nitrogen and oxygen atoms in total. The number of unbranched alkanes of at least 4 members (excludes halogenated alkanes) is 2. The summed E-state index contributed by atoms with van der Waals surface area (Å²) in [5.74, 6) is -1.71. The number of likely N-dealkylation sites (tertiary alicyclic amines) is 1. The molecule has 3 amide bonds. The molecule has 2 aliphatic rings. The Morgan fingerprint density at radius 3 is 2.38 bits per heavy atom. The monoisotopic (exact) mass is 407 g/mol. The minimum Gasteiger partial charge on any atom is -0.396 e. The number of fused-ring (bicyclic) bond motifs is 1. The molecule has 1 fully saturated rings. The van der Waals surface area contributed by atoms with Crippen molar-refractivity contribution in [3.8, 4) is 0 Å². The molecule has 0 spiro atoms.